The summed E-state index contributed by atoms with van der Waals surface area (Å²) in [5.74, 6) is -0.385. The van der Waals surface area contributed by atoms with Crippen molar-refractivity contribution in [2.45, 2.75) is 19.3 Å². The molecule has 0 bridgehead atoms. The molecule has 1 aromatic heterocycles. The second-order valence-electron chi connectivity index (χ2n) is 6.32. The van der Waals surface area contributed by atoms with E-state index in [1.807, 2.05) is 54.6 Å². The van der Waals surface area contributed by atoms with Gasteiger partial charge in [-0.15, -0.1) is 0 Å². The highest BCUT2D eigenvalue weighted by molar-refractivity contribution is 6.02. The van der Waals surface area contributed by atoms with Crippen LogP contribution >= 0.6 is 0 Å². The number of carbonyl (C=O) groups excluding carboxylic acids is 2. The van der Waals surface area contributed by atoms with Crippen molar-refractivity contribution in [2.75, 3.05) is 12.0 Å². The van der Waals surface area contributed by atoms with Gasteiger partial charge in [0.1, 0.15) is 6.33 Å². The summed E-state index contributed by atoms with van der Waals surface area (Å²) >= 11 is 0. The Morgan fingerprint density at radius 3 is 2.63 bits per heavy atom. The van der Waals surface area contributed by atoms with Crippen molar-refractivity contribution in [3.63, 3.8) is 0 Å². The second-order valence-corrected chi connectivity index (χ2v) is 6.32. The average molecular weight is 361 g/mol. The molecule has 2 aromatic carbocycles. The van der Waals surface area contributed by atoms with Crippen molar-refractivity contribution in [1.29, 1.82) is 0 Å². The zero-order chi connectivity index (χ0) is 18.6. The minimum absolute atomic E-state index is 0.0953. The SMILES string of the molecule is O=C(CCC(=O)N1CCC(c2ccccc2)=N1)Nn1cnc2ccccc21. The molecule has 27 heavy (non-hydrogen) atoms. The molecule has 0 fully saturated rings. The molecular weight excluding hydrogens is 342 g/mol. The molecule has 4 rings (SSSR count). The second kappa shape index (κ2) is 7.41. The fourth-order valence-electron chi connectivity index (χ4n) is 3.06. The highest BCUT2D eigenvalue weighted by atomic mass is 16.2. The number of hydrazone groups is 1. The topological polar surface area (TPSA) is 79.6 Å². The number of para-hydroxylation sites is 2. The van der Waals surface area contributed by atoms with E-state index in [0.717, 1.165) is 28.7 Å². The zero-order valence-electron chi connectivity index (χ0n) is 14.7. The van der Waals surface area contributed by atoms with E-state index in [0.29, 0.717) is 6.54 Å². The maximum atomic E-state index is 12.4. The van der Waals surface area contributed by atoms with Gasteiger partial charge in [-0.1, -0.05) is 42.5 Å². The minimum Gasteiger partial charge on any atom is -0.273 e. The van der Waals surface area contributed by atoms with Gasteiger partial charge in [0, 0.05) is 19.3 Å². The molecule has 0 radical (unpaired) electrons. The number of amides is 2. The van der Waals surface area contributed by atoms with Crippen LogP contribution in [-0.2, 0) is 9.59 Å². The molecule has 0 unspecified atom stereocenters. The fourth-order valence-corrected chi connectivity index (χ4v) is 3.06. The van der Waals surface area contributed by atoms with E-state index < -0.39 is 0 Å². The highest BCUT2D eigenvalue weighted by Gasteiger charge is 2.22. The lowest BCUT2D eigenvalue weighted by atomic mass is 10.1. The minimum atomic E-state index is -0.238. The number of aromatic nitrogens is 2. The molecule has 2 amide bonds. The summed E-state index contributed by atoms with van der Waals surface area (Å²) in [6.07, 6.45) is 2.49. The molecule has 7 nitrogen and oxygen atoms in total. The van der Waals surface area contributed by atoms with Crippen LogP contribution in [0.25, 0.3) is 11.0 Å². The number of hydrogen-bond donors (Lipinski definition) is 1. The Hall–Kier alpha value is -3.48. The van der Waals surface area contributed by atoms with Gasteiger partial charge in [-0.3, -0.25) is 15.0 Å². The van der Waals surface area contributed by atoms with E-state index in [9.17, 15) is 9.59 Å². The van der Waals surface area contributed by atoms with E-state index >= 15 is 0 Å². The molecular formula is C20H19N5O2. The lowest BCUT2D eigenvalue weighted by Gasteiger charge is -2.11. The molecule has 0 saturated carbocycles. The van der Waals surface area contributed by atoms with Crippen LogP contribution in [0.15, 0.2) is 66.0 Å². The standard InChI is InChI=1S/C20H19N5O2/c26-19(23-25-14-21-17-8-4-5-9-18(17)25)10-11-20(27)24-13-12-16(22-24)15-6-2-1-3-7-15/h1-9,14H,10-13H2,(H,23,26). The summed E-state index contributed by atoms with van der Waals surface area (Å²) in [6.45, 7) is 0.552. The summed E-state index contributed by atoms with van der Waals surface area (Å²) in [7, 11) is 0. The van der Waals surface area contributed by atoms with Gasteiger partial charge in [-0.05, 0) is 17.7 Å². The maximum absolute atomic E-state index is 12.4. The molecule has 0 spiro atoms. The summed E-state index contributed by atoms with van der Waals surface area (Å²) in [4.78, 5) is 28.8. The molecule has 1 aliphatic rings. The number of nitrogens with one attached hydrogen (secondary N) is 1. The van der Waals surface area contributed by atoms with Crippen molar-refractivity contribution >= 4 is 28.6 Å². The van der Waals surface area contributed by atoms with Crippen molar-refractivity contribution in [1.82, 2.24) is 14.7 Å². The predicted molar refractivity (Wildman–Crippen MR) is 103 cm³/mol. The van der Waals surface area contributed by atoms with E-state index in [2.05, 4.69) is 15.5 Å². The number of imidazole rings is 1. The largest absolute Gasteiger partial charge is 0.273 e. The predicted octanol–water partition coefficient (Wildman–Crippen LogP) is 2.52. The summed E-state index contributed by atoms with van der Waals surface area (Å²) < 4.78 is 1.57. The monoisotopic (exact) mass is 361 g/mol. The van der Waals surface area contributed by atoms with Crippen LogP contribution in [0, 0.1) is 0 Å². The first-order valence-electron chi connectivity index (χ1n) is 8.86. The first-order valence-corrected chi connectivity index (χ1v) is 8.86. The summed E-state index contributed by atoms with van der Waals surface area (Å²) in [5.41, 5.74) is 6.29. The number of carbonyl (C=O) groups is 2. The lowest BCUT2D eigenvalue weighted by molar-refractivity contribution is -0.132. The Balaban J connectivity index is 1.33. The third-order valence-electron chi connectivity index (χ3n) is 4.46. The van der Waals surface area contributed by atoms with Crippen LogP contribution in [-0.4, -0.2) is 38.7 Å². The van der Waals surface area contributed by atoms with Crippen molar-refractivity contribution < 1.29 is 9.59 Å². The lowest BCUT2D eigenvalue weighted by Crippen LogP contribution is -2.27. The van der Waals surface area contributed by atoms with Gasteiger partial charge in [0.2, 0.25) is 11.8 Å². The normalized spacial score (nSPS) is 13.6. The van der Waals surface area contributed by atoms with Crippen LogP contribution in [0.1, 0.15) is 24.8 Å². The van der Waals surface area contributed by atoms with E-state index in [4.69, 9.17) is 0 Å². The van der Waals surface area contributed by atoms with E-state index in [-0.39, 0.29) is 24.7 Å². The first-order chi connectivity index (χ1) is 13.2. The van der Waals surface area contributed by atoms with Gasteiger partial charge in [0.15, 0.2) is 0 Å². The maximum Gasteiger partial charge on any atom is 0.243 e. The third kappa shape index (κ3) is 3.72. The van der Waals surface area contributed by atoms with Crippen LogP contribution < -0.4 is 5.43 Å². The highest BCUT2D eigenvalue weighted by Crippen LogP contribution is 2.15. The van der Waals surface area contributed by atoms with E-state index in [1.165, 1.54) is 5.01 Å². The molecule has 136 valence electrons. The Labute approximate surface area is 156 Å². The van der Waals surface area contributed by atoms with Crippen LogP contribution in [0.2, 0.25) is 0 Å². The molecule has 1 aliphatic heterocycles. The molecule has 1 N–H and O–H groups in total. The van der Waals surface area contributed by atoms with Crippen molar-refractivity contribution in [3.8, 4) is 0 Å². The van der Waals surface area contributed by atoms with Crippen LogP contribution in [0.4, 0.5) is 0 Å². The van der Waals surface area contributed by atoms with Gasteiger partial charge < -0.3 is 0 Å². The Kier molecular flexibility index (Phi) is 4.65. The molecule has 0 atom stereocenters. The van der Waals surface area contributed by atoms with Crippen LogP contribution in [0.3, 0.4) is 0 Å². The van der Waals surface area contributed by atoms with Crippen molar-refractivity contribution in [3.05, 3.63) is 66.5 Å². The molecule has 0 saturated heterocycles. The summed E-state index contributed by atoms with van der Waals surface area (Å²) in [5, 5.41) is 5.87. The quantitative estimate of drug-likeness (QED) is 0.758. The molecule has 7 heteroatoms. The number of benzene rings is 2. The van der Waals surface area contributed by atoms with E-state index in [1.54, 1.807) is 11.0 Å². The smallest absolute Gasteiger partial charge is 0.243 e. The zero-order valence-corrected chi connectivity index (χ0v) is 14.7. The Morgan fingerprint density at radius 2 is 1.78 bits per heavy atom. The first kappa shape index (κ1) is 17.0. The van der Waals surface area contributed by atoms with Gasteiger partial charge in [-0.2, -0.15) is 5.10 Å². The molecule has 2 heterocycles. The Morgan fingerprint density at radius 1 is 1.00 bits per heavy atom. The van der Waals surface area contributed by atoms with Crippen LogP contribution in [0.5, 0.6) is 0 Å². The molecule has 0 aliphatic carbocycles. The van der Waals surface area contributed by atoms with Gasteiger partial charge in [0.25, 0.3) is 0 Å². The number of fused-ring (bicyclic) bond motifs is 1. The molecule has 3 aromatic rings. The summed E-state index contributed by atoms with van der Waals surface area (Å²) in [6, 6.07) is 17.3. The third-order valence-corrected chi connectivity index (χ3v) is 4.46. The number of rotatable bonds is 5. The Bertz CT molecular complexity index is 1010. The van der Waals surface area contributed by atoms with Gasteiger partial charge in [-0.25, -0.2) is 14.7 Å². The van der Waals surface area contributed by atoms with Gasteiger partial charge >= 0.3 is 0 Å². The number of hydrogen-bond acceptors (Lipinski definition) is 4. The fraction of sp³-hybridized carbons (Fsp3) is 0.200. The number of nitrogens with zero attached hydrogens (tertiary/aromatic N) is 4. The van der Waals surface area contributed by atoms with Gasteiger partial charge in [0.05, 0.1) is 23.3 Å². The average Bonchev–Trinajstić information content (AvgIpc) is 3.35. The van der Waals surface area contributed by atoms with Crippen molar-refractivity contribution in [2.24, 2.45) is 5.10 Å².